The van der Waals surface area contributed by atoms with Crippen molar-refractivity contribution in [3.05, 3.63) is 47.0 Å². The minimum absolute atomic E-state index is 0.291. The first-order valence-corrected chi connectivity index (χ1v) is 21.8. The van der Waals surface area contributed by atoms with E-state index in [1.54, 1.807) is 16.7 Å². The van der Waals surface area contributed by atoms with E-state index >= 15 is 0 Å². The van der Waals surface area contributed by atoms with E-state index in [9.17, 15) is 4.79 Å². The van der Waals surface area contributed by atoms with Crippen LogP contribution in [0.1, 0.15) is 51.2 Å². The third kappa shape index (κ3) is 6.62. The number of imidazole rings is 1. The van der Waals surface area contributed by atoms with Gasteiger partial charge in [0.2, 0.25) is 0 Å². The molecule has 0 aliphatic carbocycles. The molecule has 1 amide bonds. The van der Waals surface area contributed by atoms with Gasteiger partial charge in [0.15, 0.2) is 36.6 Å². The van der Waals surface area contributed by atoms with Crippen LogP contribution in [0.3, 0.4) is 0 Å². The number of rotatable bonds is 9. The van der Waals surface area contributed by atoms with Gasteiger partial charge in [0.25, 0.3) is 5.91 Å². The molecule has 10 nitrogen and oxygen atoms in total. The van der Waals surface area contributed by atoms with Crippen LogP contribution in [-0.2, 0) is 18.6 Å². The summed E-state index contributed by atoms with van der Waals surface area (Å²) in [5, 5.41) is 2.89. The molecule has 0 unspecified atom stereocenters. The van der Waals surface area contributed by atoms with Crippen molar-refractivity contribution >= 4 is 51.5 Å². The predicted molar refractivity (Wildman–Crippen MR) is 178 cm³/mol. The SMILES string of the molecule is CC[Si](CC)(CC)O[C@@H](C#C[Si](C)(C)C)[C@H]1O[C@@H](n2c(=S)[nH]c3c(NC(=O)c4ccccc4)ncnc32)[C@@H]2OC(C)(C)O[C@@H]21. The fourth-order valence-corrected chi connectivity index (χ4v) is 9.43. The summed E-state index contributed by atoms with van der Waals surface area (Å²) in [6, 6.07) is 11.9. The number of anilines is 1. The largest absolute Gasteiger partial charge is 0.401 e. The number of amides is 1. The molecular formula is C31H43N5O5SSi2. The second-order valence-electron chi connectivity index (χ2n) is 12.9. The normalized spacial score (nSPS) is 23.6. The number of hydrogen-bond acceptors (Lipinski definition) is 8. The Morgan fingerprint density at radius 3 is 2.41 bits per heavy atom. The van der Waals surface area contributed by atoms with Crippen molar-refractivity contribution in [3.8, 4) is 11.5 Å². The van der Waals surface area contributed by atoms with Crippen LogP contribution in [0.4, 0.5) is 5.82 Å². The van der Waals surface area contributed by atoms with E-state index in [0.29, 0.717) is 27.3 Å². The number of carbonyl (C=O) groups excluding carboxylic acids is 1. The zero-order valence-corrected chi connectivity index (χ0v) is 29.6. The average Bonchev–Trinajstić information content (AvgIpc) is 3.61. The van der Waals surface area contributed by atoms with Crippen LogP contribution < -0.4 is 5.32 Å². The molecule has 1 aromatic carbocycles. The topological polar surface area (TPSA) is 113 Å². The maximum absolute atomic E-state index is 13.0. The Labute approximate surface area is 266 Å². The molecule has 44 heavy (non-hydrogen) atoms. The molecule has 5 rings (SSSR count). The van der Waals surface area contributed by atoms with Gasteiger partial charge in [0, 0.05) is 5.56 Å². The third-order valence-corrected chi connectivity index (χ3v) is 14.1. The van der Waals surface area contributed by atoms with Gasteiger partial charge in [-0.1, -0.05) is 64.5 Å². The lowest BCUT2D eigenvalue weighted by Gasteiger charge is -2.35. The molecule has 0 bridgehead atoms. The van der Waals surface area contributed by atoms with Gasteiger partial charge in [0.05, 0.1) is 0 Å². The lowest BCUT2D eigenvalue weighted by molar-refractivity contribution is -0.202. The van der Waals surface area contributed by atoms with Gasteiger partial charge in [-0.3, -0.25) is 9.36 Å². The molecule has 0 saturated carbocycles. The first kappa shape index (κ1) is 32.7. The van der Waals surface area contributed by atoms with Gasteiger partial charge in [-0.25, -0.2) is 9.97 Å². The summed E-state index contributed by atoms with van der Waals surface area (Å²) in [7, 11) is -3.81. The third-order valence-electron chi connectivity index (χ3n) is 8.29. The summed E-state index contributed by atoms with van der Waals surface area (Å²) >= 11 is 5.83. The molecule has 2 fully saturated rings. The van der Waals surface area contributed by atoms with E-state index in [4.69, 9.17) is 30.9 Å². The summed E-state index contributed by atoms with van der Waals surface area (Å²) in [5.74, 6) is 2.69. The number of aromatic nitrogens is 4. The van der Waals surface area contributed by atoms with Crippen molar-refractivity contribution < 1.29 is 23.4 Å². The van der Waals surface area contributed by atoms with Crippen molar-refractivity contribution in [1.29, 1.82) is 0 Å². The number of nitrogens with one attached hydrogen (secondary N) is 2. The van der Waals surface area contributed by atoms with Crippen molar-refractivity contribution in [1.82, 2.24) is 19.5 Å². The van der Waals surface area contributed by atoms with Gasteiger partial charge >= 0.3 is 0 Å². The molecule has 5 atom stereocenters. The van der Waals surface area contributed by atoms with E-state index < -0.39 is 52.8 Å². The summed E-state index contributed by atoms with van der Waals surface area (Å²) in [6.07, 6.45) is -1.23. The number of H-pyrrole nitrogens is 1. The summed E-state index contributed by atoms with van der Waals surface area (Å²) in [4.78, 5) is 25.1. The van der Waals surface area contributed by atoms with Crippen LogP contribution in [0.5, 0.6) is 0 Å². The Balaban J connectivity index is 1.55. The minimum atomic E-state index is -2.08. The minimum Gasteiger partial charge on any atom is -0.401 e. The van der Waals surface area contributed by atoms with Crippen molar-refractivity contribution in [2.45, 2.75) is 109 Å². The monoisotopic (exact) mass is 653 g/mol. The predicted octanol–water partition coefficient (Wildman–Crippen LogP) is 6.43. The second kappa shape index (κ2) is 12.6. The molecule has 3 aromatic rings. The smallest absolute Gasteiger partial charge is 0.256 e. The van der Waals surface area contributed by atoms with Crippen LogP contribution in [0.2, 0.25) is 37.8 Å². The van der Waals surface area contributed by atoms with Crippen molar-refractivity contribution in [2.75, 3.05) is 5.32 Å². The maximum atomic E-state index is 13.0. The molecule has 2 saturated heterocycles. The number of fused-ring (bicyclic) bond motifs is 2. The summed E-state index contributed by atoms with van der Waals surface area (Å²) in [6.45, 7) is 17.1. The zero-order chi connectivity index (χ0) is 31.9. The number of nitrogens with zero attached hydrogens (tertiary/aromatic N) is 3. The number of aromatic amines is 1. The Morgan fingerprint density at radius 1 is 1.11 bits per heavy atom. The summed E-state index contributed by atoms with van der Waals surface area (Å²) in [5.41, 5.74) is 5.02. The first-order valence-electron chi connectivity index (χ1n) is 15.3. The lowest BCUT2D eigenvalue weighted by Crippen LogP contribution is -2.47. The van der Waals surface area contributed by atoms with E-state index in [-0.39, 0.29) is 5.91 Å². The van der Waals surface area contributed by atoms with Crippen LogP contribution in [-0.4, -0.2) is 72.0 Å². The highest BCUT2D eigenvalue weighted by atomic mass is 32.1. The van der Waals surface area contributed by atoms with E-state index in [1.807, 2.05) is 32.0 Å². The molecule has 2 N–H and O–H groups in total. The Bertz CT molecular complexity index is 1620. The maximum Gasteiger partial charge on any atom is 0.256 e. The molecule has 0 spiro atoms. The van der Waals surface area contributed by atoms with Crippen LogP contribution in [0.15, 0.2) is 36.7 Å². The van der Waals surface area contributed by atoms with Gasteiger partial charge in [0.1, 0.15) is 44.3 Å². The fourth-order valence-electron chi connectivity index (χ4n) is 5.83. The molecule has 4 heterocycles. The molecule has 236 valence electrons. The molecule has 2 aliphatic heterocycles. The molecular weight excluding hydrogens is 611 g/mol. The Kier molecular flexibility index (Phi) is 9.35. The fraction of sp³-hybridized carbons (Fsp3) is 0.548. The highest BCUT2D eigenvalue weighted by molar-refractivity contribution is 7.71. The van der Waals surface area contributed by atoms with Crippen LogP contribution in [0.25, 0.3) is 11.2 Å². The quantitative estimate of drug-likeness (QED) is 0.154. The molecule has 0 radical (unpaired) electrons. The molecule has 2 aromatic heterocycles. The highest BCUT2D eigenvalue weighted by Gasteiger charge is 2.59. The molecule has 2 aliphatic rings. The van der Waals surface area contributed by atoms with Gasteiger partial charge in [-0.2, -0.15) is 0 Å². The Hall–Kier alpha value is -2.71. The Morgan fingerprint density at radius 2 is 1.77 bits per heavy atom. The van der Waals surface area contributed by atoms with E-state index in [0.717, 1.165) is 18.1 Å². The number of carbonyl (C=O) groups is 1. The number of hydrogen-bond donors (Lipinski definition) is 2. The van der Waals surface area contributed by atoms with Gasteiger partial charge in [-0.15, -0.1) is 5.54 Å². The zero-order valence-electron chi connectivity index (χ0n) is 26.8. The number of benzene rings is 1. The van der Waals surface area contributed by atoms with Crippen molar-refractivity contribution in [3.63, 3.8) is 0 Å². The first-order chi connectivity index (χ1) is 20.8. The molecule has 13 heteroatoms. The summed E-state index contributed by atoms with van der Waals surface area (Å²) < 4.78 is 29.0. The highest BCUT2D eigenvalue weighted by Crippen LogP contribution is 2.46. The van der Waals surface area contributed by atoms with Crippen LogP contribution in [0, 0.1) is 16.2 Å². The second-order valence-corrected chi connectivity index (χ2v) is 22.8. The van der Waals surface area contributed by atoms with Gasteiger partial charge in [-0.05, 0) is 56.3 Å². The lowest BCUT2D eigenvalue weighted by atomic mass is 10.1. The van der Waals surface area contributed by atoms with Gasteiger partial charge < -0.3 is 28.9 Å². The van der Waals surface area contributed by atoms with E-state index in [2.05, 4.69) is 72.1 Å². The van der Waals surface area contributed by atoms with Crippen LogP contribution >= 0.6 is 12.2 Å². The number of ether oxygens (including phenoxy) is 3. The van der Waals surface area contributed by atoms with E-state index in [1.165, 1.54) is 6.33 Å². The standard InChI is InChI=1S/C31H43N5O5SSi2/c1-9-44(10-2,11-3)41-21(17-18-43(6,7)8)23-24-25(40-31(4,5)39-24)29(38-23)36-27-22(34-30(36)42)26(32-19-33-27)35-28(37)20-15-13-12-14-16-20/h12-16,19,21,23-25,29H,9-11H2,1-8H3,(H,34,42)(H,32,33,35,37)/t21-,23+,24+,25+,29+/m0/s1. The average molecular weight is 654 g/mol. The van der Waals surface area contributed by atoms with Crippen molar-refractivity contribution in [2.24, 2.45) is 0 Å².